The first kappa shape index (κ1) is 16.9. The van der Waals surface area contributed by atoms with E-state index in [4.69, 9.17) is 4.98 Å². The van der Waals surface area contributed by atoms with Gasteiger partial charge < -0.3 is 0 Å². The zero-order valence-electron chi connectivity index (χ0n) is 15.9. The first-order chi connectivity index (χ1) is 14.2. The van der Waals surface area contributed by atoms with E-state index >= 15 is 0 Å². The summed E-state index contributed by atoms with van der Waals surface area (Å²) in [6.45, 7) is 0.919. The van der Waals surface area contributed by atoms with Crippen LogP contribution in [0.25, 0.3) is 10.9 Å². The van der Waals surface area contributed by atoms with Crippen molar-refractivity contribution in [1.82, 2.24) is 9.88 Å². The lowest BCUT2D eigenvalue weighted by Gasteiger charge is -2.28. The predicted molar refractivity (Wildman–Crippen MR) is 110 cm³/mol. The number of rotatable bonds is 2. The van der Waals surface area contributed by atoms with Crippen molar-refractivity contribution in [3.05, 3.63) is 72.4 Å². The minimum Gasteiger partial charge on any atom is -0.290 e. The second-order valence-corrected chi connectivity index (χ2v) is 8.22. The van der Waals surface area contributed by atoms with Gasteiger partial charge in [0.05, 0.1) is 34.8 Å². The lowest BCUT2D eigenvalue weighted by Crippen LogP contribution is -2.39. The van der Waals surface area contributed by atoms with E-state index in [1.807, 2.05) is 60.7 Å². The van der Waals surface area contributed by atoms with E-state index in [9.17, 15) is 9.59 Å². The van der Waals surface area contributed by atoms with Crippen LogP contribution in [0.3, 0.4) is 0 Å². The molecule has 4 heterocycles. The summed E-state index contributed by atoms with van der Waals surface area (Å²) in [5, 5.41) is 1.09. The molecule has 144 valence electrons. The van der Waals surface area contributed by atoms with Gasteiger partial charge in [0, 0.05) is 11.4 Å². The summed E-state index contributed by atoms with van der Waals surface area (Å²) in [6, 6.07) is 21.5. The Morgan fingerprint density at radius 3 is 2.45 bits per heavy atom. The third-order valence-electron chi connectivity index (χ3n) is 6.79. The van der Waals surface area contributed by atoms with Crippen LogP contribution < -0.4 is 4.90 Å². The molecule has 2 aromatic carbocycles. The van der Waals surface area contributed by atoms with Gasteiger partial charge in [-0.15, -0.1) is 0 Å². The first-order valence-electron chi connectivity index (χ1n) is 10.3. The average molecular weight is 383 g/mol. The van der Waals surface area contributed by atoms with Gasteiger partial charge >= 0.3 is 0 Å². The number of pyridine rings is 1. The minimum atomic E-state index is -0.360. The molecule has 0 aliphatic carbocycles. The molecule has 29 heavy (non-hydrogen) atoms. The number of hydrogen-bond donors (Lipinski definition) is 0. The molecule has 1 aromatic heterocycles. The van der Waals surface area contributed by atoms with Crippen molar-refractivity contribution in [2.75, 3.05) is 11.4 Å². The standard InChI is InChI=1S/C24H21N3O2/c28-23-20-19-11-6-14-26(19)22(18-13-12-15-7-4-5-10-17(15)25-18)21(20)24(29)27(23)16-8-2-1-3-9-16/h1-5,7-10,12-13,19-22H,6,11,14H2. The normalized spacial score (nSPS) is 28.9. The lowest BCUT2D eigenvalue weighted by molar-refractivity contribution is -0.123. The van der Waals surface area contributed by atoms with E-state index < -0.39 is 0 Å². The van der Waals surface area contributed by atoms with Crippen LogP contribution in [-0.2, 0) is 9.59 Å². The van der Waals surface area contributed by atoms with Gasteiger partial charge in [0.1, 0.15) is 0 Å². The Hall–Kier alpha value is -3.05. The molecule has 3 fully saturated rings. The zero-order valence-corrected chi connectivity index (χ0v) is 15.9. The molecule has 3 saturated heterocycles. The van der Waals surface area contributed by atoms with Crippen molar-refractivity contribution in [2.24, 2.45) is 11.8 Å². The number of carbonyl (C=O) groups excluding carboxylic acids is 2. The van der Waals surface area contributed by atoms with Crippen LogP contribution in [0.2, 0.25) is 0 Å². The van der Waals surface area contributed by atoms with Crippen LogP contribution in [-0.4, -0.2) is 34.3 Å². The zero-order chi connectivity index (χ0) is 19.5. The van der Waals surface area contributed by atoms with Crippen molar-refractivity contribution in [2.45, 2.75) is 24.9 Å². The molecule has 0 spiro atoms. The number of carbonyl (C=O) groups is 2. The maximum atomic E-state index is 13.5. The minimum absolute atomic E-state index is 0.0496. The molecule has 4 atom stereocenters. The van der Waals surface area contributed by atoms with Crippen molar-refractivity contribution in [3.8, 4) is 0 Å². The Bertz CT molecular complexity index is 1130. The number of imide groups is 1. The van der Waals surface area contributed by atoms with Gasteiger partial charge in [0.25, 0.3) is 0 Å². The van der Waals surface area contributed by atoms with Gasteiger partial charge in [0.2, 0.25) is 11.8 Å². The monoisotopic (exact) mass is 383 g/mol. The molecule has 3 aliphatic heterocycles. The molecule has 0 saturated carbocycles. The third-order valence-corrected chi connectivity index (χ3v) is 6.79. The summed E-state index contributed by atoms with van der Waals surface area (Å²) in [5.41, 5.74) is 2.51. The summed E-state index contributed by atoms with van der Waals surface area (Å²) < 4.78 is 0. The Labute approximate surface area is 168 Å². The fourth-order valence-corrected chi connectivity index (χ4v) is 5.63. The SMILES string of the molecule is O=C1C2C(C(=O)N1c1ccccc1)C(c1ccc3ccccc3n1)N1CCCC21. The van der Waals surface area contributed by atoms with Gasteiger partial charge in [-0.2, -0.15) is 0 Å². The Kier molecular flexibility index (Phi) is 3.62. The van der Waals surface area contributed by atoms with Crippen molar-refractivity contribution in [1.29, 1.82) is 0 Å². The number of hydrogen-bond acceptors (Lipinski definition) is 4. The topological polar surface area (TPSA) is 53.5 Å². The second kappa shape index (κ2) is 6.22. The van der Waals surface area contributed by atoms with Gasteiger partial charge in [0.15, 0.2) is 0 Å². The van der Waals surface area contributed by atoms with Crippen LogP contribution in [0.15, 0.2) is 66.7 Å². The number of fused-ring (bicyclic) bond motifs is 4. The molecule has 0 N–H and O–H groups in total. The quantitative estimate of drug-likeness (QED) is 0.635. The van der Waals surface area contributed by atoms with Gasteiger partial charge in [-0.25, -0.2) is 4.90 Å². The Balaban J connectivity index is 1.46. The van der Waals surface area contributed by atoms with E-state index in [0.29, 0.717) is 5.69 Å². The molecule has 4 unspecified atom stereocenters. The predicted octanol–water partition coefficient (Wildman–Crippen LogP) is 3.56. The van der Waals surface area contributed by atoms with E-state index in [1.165, 1.54) is 4.90 Å². The average Bonchev–Trinajstić information content (AvgIpc) is 3.40. The molecule has 5 heteroatoms. The van der Waals surface area contributed by atoms with Crippen molar-refractivity contribution >= 4 is 28.4 Å². The largest absolute Gasteiger partial charge is 0.290 e. The highest BCUT2D eigenvalue weighted by atomic mass is 16.2. The molecule has 0 radical (unpaired) electrons. The van der Waals surface area contributed by atoms with Crippen LogP contribution in [0.4, 0.5) is 5.69 Å². The number of amides is 2. The maximum absolute atomic E-state index is 13.5. The van der Waals surface area contributed by atoms with E-state index in [-0.39, 0.29) is 35.7 Å². The molecule has 2 amide bonds. The summed E-state index contributed by atoms with van der Waals surface area (Å²) in [4.78, 5) is 35.6. The smallest absolute Gasteiger partial charge is 0.239 e. The molecule has 5 nitrogen and oxygen atoms in total. The molecule has 3 aromatic rings. The van der Waals surface area contributed by atoms with Crippen molar-refractivity contribution < 1.29 is 9.59 Å². The third kappa shape index (κ3) is 2.34. The molecule has 3 aliphatic rings. The summed E-state index contributed by atoms with van der Waals surface area (Å²) in [6.07, 6.45) is 2.03. The van der Waals surface area contributed by atoms with E-state index in [2.05, 4.69) is 11.0 Å². The van der Waals surface area contributed by atoms with E-state index in [1.54, 1.807) is 0 Å². The number of para-hydroxylation sites is 2. The number of anilines is 1. The summed E-state index contributed by atoms with van der Waals surface area (Å²) in [7, 11) is 0. The number of benzene rings is 2. The molecular formula is C24H21N3O2. The summed E-state index contributed by atoms with van der Waals surface area (Å²) in [5.74, 6) is -0.767. The lowest BCUT2D eigenvalue weighted by atomic mass is 9.86. The molecule has 6 rings (SSSR count). The van der Waals surface area contributed by atoms with Gasteiger partial charge in [-0.1, -0.05) is 42.5 Å². The fourth-order valence-electron chi connectivity index (χ4n) is 5.63. The highest BCUT2D eigenvalue weighted by Gasteiger charge is 2.63. The number of aromatic nitrogens is 1. The first-order valence-corrected chi connectivity index (χ1v) is 10.3. The number of nitrogens with zero attached hydrogens (tertiary/aromatic N) is 3. The van der Waals surface area contributed by atoms with E-state index in [0.717, 1.165) is 36.0 Å². The second-order valence-electron chi connectivity index (χ2n) is 8.22. The van der Waals surface area contributed by atoms with Gasteiger partial charge in [-0.3, -0.25) is 19.5 Å². The van der Waals surface area contributed by atoms with Crippen LogP contribution in [0.1, 0.15) is 24.6 Å². The van der Waals surface area contributed by atoms with Crippen LogP contribution in [0, 0.1) is 11.8 Å². The van der Waals surface area contributed by atoms with Crippen LogP contribution >= 0.6 is 0 Å². The molecular weight excluding hydrogens is 362 g/mol. The molecule has 0 bridgehead atoms. The van der Waals surface area contributed by atoms with Gasteiger partial charge in [-0.05, 0) is 43.7 Å². The van der Waals surface area contributed by atoms with Crippen LogP contribution in [0.5, 0.6) is 0 Å². The Morgan fingerprint density at radius 1 is 0.828 bits per heavy atom. The highest BCUT2D eigenvalue weighted by molar-refractivity contribution is 6.22. The highest BCUT2D eigenvalue weighted by Crippen LogP contribution is 2.53. The van der Waals surface area contributed by atoms with Crippen molar-refractivity contribution in [3.63, 3.8) is 0 Å². The summed E-state index contributed by atoms with van der Waals surface area (Å²) >= 11 is 0. The Morgan fingerprint density at radius 2 is 1.59 bits per heavy atom. The maximum Gasteiger partial charge on any atom is 0.239 e. The fraction of sp³-hybridized carbons (Fsp3) is 0.292.